The van der Waals surface area contributed by atoms with Crippen molar-refractivity contribution in [2.45, 2.75) is 38.9 Å². The number of aromatic carboxylic acids is 1. The van der Waals surface area contributed by atoms with E-state index in [2.05, 4.69) is 0 Å². The Morgan fingerprint density at radius 2 is 1.71 bits per heavy atom. The van der Waals surface area contributed by atoms with Gasteiger partial charge in [0.25, 0.3) is 0 Å². The quantitative estimate of drug-likeness (QED) is 0.789. The Hall–Kier alpha value is -1.91. The van der Waals surface area contributed by atoms with E-state index in [0.29, 0.717) is 17.4 Å². The molecule has 0 fully saturated rings. The molecule has 2 aromatic carbocycles. The molecule has 0 aliphatic carbocycles. The minimum absolute atomic E-state index is 0.227. The highest BCUT2D eigenvalue weighted by Gasteiger charge is 2.20. The van der Waals surface area contributed by atoms with Crippen molar-refractivity contribution in [2.75, 3.05) is 0 Å². The molecule has 4 heteroatoms. The van der Waals surface area contributed by atoms with E-state index in [0.717, 1.165) is 10.9 Å². The smallest absolute Gasteiger partial charge is 0.336 e. The molecule has 0 amide bonds. The van der Waals surface area contributed by atoms with Crippen molar-refractivity contribution < 1.29 is 20.1 Å². The Morgan fingerprint density at radius 1 is 1.10 bits per heavy atom. The van der Waals surface area contributed by atoms with Crippen molar-refractivity contribution in [2.24, 2.45) is 0 Å². The monoisotopic (exact) mass is 288 g/mol. The van der Waals surface area contributed by atoms with Crippen LogP contribution in [0.25, 0.3) is 10.8 Å². The maximum Gasteiger partial charge on any atom is 0.336 e. The van der Waals surface area contributed by atoms with Crippen LogP contribution in [0.2, 0.25) is 0 Å². The van der Waals surface area contributed by atoms with Gasteiger partial charge in [-0.15, -0.1) is 0 Å². The molecule has 0 aliphatic rings. The van der Waals surface area contributed by atoms with Gasteiger partial charge in [-0.2, -0.15) is 0 Å². The lowest BCUT2D eigenvalue weighted by Crippen LogP contribution is -2.16. The van der Waals surface area contributed by atoms with Gasteiger partial charge in [0.05, 0.1) is 17.8 Å². The molecule has 21 heavy (non-hydrogen) atoms. The summed E-state index contributed by atoms with van der Waals surface area (Å²) in [5.41, 5.74) is 1.61. The van der Waals surface area contributed by atoms with Crippen LogP contribution in [0.1, 0.15) is 35.3 Å². The number of benzene rings is 2. The highest BCUT2D eigenvalue weighted by atomic mass is 16.4. The first-order valence-corrected chi connectivity index (χ1v) is 7.03. The Labute approximate surface area is 123 Å². The van der Waals surface area contributed by atoms with E-state index in [4.69, 9.17) is 0 Å². The number of rotatable bonds is 5. The van der Waals surface area contributed by atoms with Crippen molar-refractivity contribution >= 4 is 16.7 Å². The average molecular weight is 288 g/mol. The number of aliphatic hydroxyl groups excluding tert-OH is 2. The van der Waals surface area contributed by atoms with E-state index >= 15 is 0 Å². The van der Waals surface area contributed by atoms with Crippen LogP contribution < -0.4 is 0 Å². The largest absolute Gasteiger partial charge is 0.478 e. The van der Waals surface area contributed by atoms with Gasteiger partial charge in [-0.3, -0.25) is 0 Å². The van der Waals surface area contributed by atoms with Crippen molar-refractivity contribution in [3.63, 3.8) is 0 Å². The summed E-state index contributed by atoms with van der Waals surface area (Å²) in [6.07, 6.45) is -0.584. The number of hydrogen-bond donors (Lipinski definition) is 3. The first-order chi connectivity index (χ1) is 9.90. The highest BCUT2D eigenvalue weighted by Crippen LogP contribution is 2.28. The molecular weight excluding hydrogens is 268 g/mol. The topological polar surface area (TPSA) is 77.8 Å². The number of carboxylic acid groups (broad SMARTS) is 1. The van der Waals surface area contributed by atoms with Crippen molar-refractivity contribution in [1.29, 1.82) is 0 Å². The summed E-state index contributed by atoms with van der Waals surface area (Å²) in [7, 11) is 0. The van der Waals surface area contributed by atoms with Gasteiger partial charge in [0, 0.05) is 0 Å². The SMILES string of the molecule is CC(O)Cc1cc2ccccc2c(C(=O)O)c1CC(C)O. The molecule has 0 aromatic heterocycles. The number of fused-ring (bicyclic) bond motifs is 1. The predicted octanol–water partition coefficient (Wildman–Crippen LogP) is 2.38. The fourth-order valence-electron chi connectivity index (χ4n) is 2.72. The zero-order chi connectivity index (χ0) is 15.6. The lowest BCUT2D eigenvalue weighted by Gasteiger charge is -2.18. The van der Waals surface area contributed by atoms with Gasteiger partial charge >= 0.3 is 5.97 Å². The van der Waals surface area contributed by atoms with E-state index in [1.165, 1.54) is 0 Å². The van der Waals surface area contributed by atoms with Gasteiger partial charge in [0.1, 0.15) is 0 Å². The maximum atomic E-state index is 11.7. The van der Waals surface area contributed by atoms with Crippen LogP contribution in [0.5, 0.6) is 0 Å². The van der Waals surface area contributed by atoms with Crippen molar-refractivity contribution in [1.82, 2.24) is 0 Å². The molecule has 0 saturated carbocycles. The molecule has 0 radical (unpaired) electrons. The van der Waals surface area contributed by atoms with Crippen LogP contribution >= 0.6 is 0 Å². The third-order valence-corrected chi connectivity index (χ3v) is 3.48. The third kappa shape index (κ3) is 3.40. The summed E-state index contributed by atoms with van der Waals surface area (Å²) in [6, 6.07) is 9.20. The second-order valence-corrected chi connectivity index (χ2v) is 5.52. The zero-order valence-corrected chi connectivity index (χ0v) is 12.2. The highest BCUT2D eigenvalue weighted by molar-refractivity contribution is 6.05. The van der Waals surface area contributed by atoms with Crippen molar-refractivity contribution in [3.05, 3.63) is 47.0 Å². The van der Waals surface area contributed by atoms with Gasteiger partial charge in [-0.05, 0) is 48.6 Å². The van der Waals surface area contributed by atoms with Crippen LogP contribution in [0, 0.1) is 0 Å². The molecule has 2 unspecified atom stereocenters. The fraction of sp³-hybridized carbons (Fsp3) is 0.353. The molecule has 2 rings (SSSR count). The summed E-state index contributed by atoms with van der Waals surface area (Å²) >= 11 is 0. The Morgan fingerprint density at radius 3 is 2.29 bits per heavy atom. The fourth-order valence-corrected chi connectivity index (χ4v) is 2.72. The van der Waals surface area contributed by atoms with E-state index in [1.54, 1.807) is 26.0 Å². The van der Waals surface area contributed by atoms with Crippen molar-refractivity contribution in [3.8, 4) is 0 Å². The predicted molar refractivity (Wildman–Crippen MR) is 81.7 cm³/mol. The van der Waals surface area contributed by atoms with Gasteiger partial charge in [-0.1, -0.05) is 30.3 Å². The first-order valence-electron chi connectivity index (χ1n) is 7.03. The van der Waals surface area contributed by atoms with Crippen LogP contribution in [0.3, 0.4) is 0 Å². The number of hydrogen-bond acceptors (Lipinski definition) is 3. The zero-order valence-electron chi connectivity index (χ0n) is 12.2. The molecule has 0 aliphatic heterocycles. The molecule has 0 saturated heterocycles. The van der Waals surface area contributed by atoms with Gasteiger partial charge in [0.15, 0.2) is 0 Å². The Kier molecular flexibility index (Phi) is 4.60. The second-order valence-electron chi connectivity index (χ2n) is 5.52. The summed E-state index contributed by atoms with van der Waals surface area (Å²) in [4.78, 5) is 11.7. The van der Waals surface area contributed by atoms with Crippen LogP contribution in [-0.4, -0.2) is 33.5 Å². The normalized spacial score (nSPS) is 14.1. The maximum absolute atomic E-state index is 11.7. The molecule has 0 spiro atoms. The Bertz CT molecular complexity index is 659. The molecule has 2 aromatic rings. The summed E-state index contributed by atoms with van der Waals surface area (Å²) in [5, 5.41) is 30.4. The summed E-state index contributed by atoms with van der Waals surface area (Å²) < 4.78 is 0. The minimum Gasteiger partial charge on any atom is -0.478 e. The van der Waals surface area contributed by atoms with Crippen LogP contribution in [0.15, 0.2) is 30.3 Å². The van der Waals surface area contributed by atoms with E-state index in [9.17, 15) is 20.1 Å². The van der Waals surface area contributed by atoms with Gasteiger partial charge in [-0.25, -0.2) is 4.79 Å². The summed E-state index contributed by atoms with van der Waals surface area (Å²) in [6.45, 7) is 3.30. The molecular formula is C17H20O4. The lowest BCUT2D eigenvalue weighted by molar-refractivity contribution is 0.0697. The van der Waals surface area contributed by atoms with E-state index in [1.807, 2.05) is 18.2 Å². The Balaban J connectivity index is 2.76. The standard InChI is InChI=1S/C17H20O4/c1-10(18)7-13-9-12-5-3-4-6-14(12)16(17(20)21)15(13)8-11(2)19/h3-6,9-11,18-19H,7-8H2,1-2H3,(H,20,21). The van der Waals surface area contributed by atoms with E-state index < -0.39 is 18.2 Å². The molecule has 0 heterocycles. The van der Waals surface area contributed by atoms with Gasteiger partial charge < -0.3 is 15.3 Å². The molecule has 3 N–H and O–H groups in total. The number of carbonyl (C=O) groups is 1. The number of aliphatic hydroxyl groups is 2. The van der Waals surface area contributed by atoms with Crippen LogP contribution in [-0.2, 0) is 12.8 Å². The molecule has 4 nitrogen and oxygen atoms in total. The third-order valence-electron chi connectivity index (χ3n) is 3.48. The minimum atomic E-state index is -1.01. The average Bonchev–Trinajstić information content (AvgIpc) is 2.37. The molecule has 0 bridgehead atoms. The lowest BCUT2D eigenvalue weighted by atomic mass is 9.88. The summed E-state index contributed by atoms with van der Waals surface area (Å²) in [5.74, 6) is -1.01. The second kappa shape index (κ2) is 6.24. The van der Waals surface area contributed by atoms with E-state index in [-0.39, 0.29) is 12.0 Å². The van der Waals surface area contributed by atoms with Gasteiger partial charge in [0.2, 0.25) is 0 Å². The number of carboxylic acids is 1. The molecule has 2 atom stereocenters. The van der Waals surface area contributed by atoms with Crippen LogP contribution in [0.4, 0.5) is 0 Å². The molecule has 112 valence electrons. The first kappa shape index (κ1) is 15.5.